The van der Waals surface area contributed by atoms with E-state index in [0.717, 1.165) is 12.5 Å². The van der Waals surface area contributed by atoms with E-state index in [1.165, 1.54) is 6.42 Å². The summed E-state index contributed by atoms with van der Waals surface area (Å²) in [7, 11) is 0. The van der Waals surface area contributed by atoms with Crippen LogP contribution in [-0.4, -0.2) is 24.8 Å². The lowest BCUT2D eigenvalue weighted by molar-refractivity contribution is 0.0180. The molecule has 1 aliphatic heterocycles. The third-order valence-corrected chi connectivity index (χ3v) is 2.39. The fraction of sp³-hybridized carbons (Fsp3) is 1.00. The van der Waals surface area contributed by atoms with Crippen LogP contribution < -0.4 is 5.32 Å². The summed E-state index contributed by atoms with van der Waals surface area (Å²) in [6, 6.07) is 0.661. The Bertz CT molecular complexity index is 134. The molecular formula is C10H21NO. The van der Waals surface area contributed by atoms with Crippen LogP contribution in [0.15, 0.2) is 0 Å². The molecular weight excluding hydrogens is 150 g/mol. The van der Waals surface area contributed by atoms with E-state index in [4.69, 9.17) is 4.74 Å². The Hall–Kier alpha value is -0.0800. The van der Waals surface area contributed by atoms with Crippen LogP contribution in [0.3, 0.4) is 0 Å². The maximum absolute atomic E-state index is 5.73. The Kier molecular flexibility index (Phi) is 3.53. The van der Waals surface area contributed by atoms with Gasteiger partial charge >= 0.3 is 0 Å². The molecule has 12 heavy (non-hydrogen) atoms. The highest BCUT2D eigenvalue weighted by molar-refractivity contribution is 4.84. The number of ether oxygens (including phenoxy) is 1. The van der Waals surface area contributed by atoms with Gasteiger partial charge in [-0.1, -0.05) is 13.8 Å². The minimum Gasteiger partial charge on any atom is -0.374 e. The first-order valence-corrected chi connectivity index (χ1v) is 4.98. The molecule has 0 aromatic carbocycles. The quantitative estimate of drug-likeness (QED) is 0.699. The van der Waals surface area contributed by atoms with Crippen LogP contribution in [0.5, 0.6) is 0 Å². The maximum atomic E-state index is 5.73. The van der Waals surface area contributed by atoms with Crippen LogP contribution in [0.2, 0.25) is 0 Å². The molecule has 0 aromatic rings. The van der Waals surface area contributed by atoms with Crippen molar-refractivity contribution < 1.29 is 4.74 Å². The molecule has 0 radical (unpaired) electrons. The molecule has 0 bridgehead atoms. The summed E-state index contributed by atoms with van der Waals surface area (Å²) in [6.45, 7) is 9.75. The topological polar surface area (TPSA) is 21.3 Å². The molecule has 2 nitrogen and oxygen atoms in total. The monoisotopic (exact) mass is 171 g/mol. The molecule has 2 heteroatoms. The first kappa shape index (κ1) is 10.0. The van der Waals surface area contributed by atoms with Gasteiger partial charge in [-0.2, -0.15) is 0 Å². The van der Waals surface area contributed by atoms with Gasteiger partial charge in [-0.15, -0.1) is 0 Å². The van der Waals surface area contributed by atoms with Gasteiger partial charge in [0.25, 0.3) is 0 Å². The first-order valence-electron chi connectivity index (χ1n) is 4.98. The van der Waals surface area contributed by atoms with Gasteiger partial charge in [0.05, 0.1) is 12.2 Å². The predicted octanol–water partition coefficient (Wildman–Crippen LogP) is 1.80. The second-order valence-electron chi connectivity index (χ2n) is 4.30. The summed E-state index contributed by atoms with van der Waals surface area (Å²) in [5, 5.41) is 3.49. The van der Waals surface area contributed by atoms with Crippen molar-refractivity contribution in [3.8, 4) is 0 Å². The molecule has 1 heterocycles. The van der Waals surface area contributed by atoms with E-state index < -0.39 is 0 Å². The van der Waals surface area contributed by atoms with E-state index in [-0.39, 0.29) is 0 Å². The second kappa shape index (κ2) is 4.24. The largest absolute Gasteiger partial charge is 0.374 e. The molecule has 72 valence electrons. The summed E-state index contributed by atoms with van der Waals surface area (Å²) < 4.78 is 5.73. The third-order valence-electron chi connectivity index (χ3n) is 2.39. The molecule has 2 atom stereocenters. The van der Waals surface area contributed by atoms with Gasteiger partial charge in [0, 0.05) is 12.6 Å². The zero-order chi connectivity index (χ0) is 9.14. The Morgan fingerprint density at radius 1 is 1.25 bits per heavy atom. The van der Waals surface area contributed by atoms with E-state index in [2.05, 4.69) is 33.0 Å². The number of hydrogen-bond acceptors (Lipinski definition) is 2. The highest BCUT2D eigenvalue weighted by Gasteiger charge is 2.26. The van der Waals surface area contributed by atoms with Gasteiger partial charge in [0.2, 0.25) is 0 Å². The predicted molar refractivity (Wildman–Crippen MR) is 51.3 cm³/mol. The van der Waals surface area contributed by atoms with Crippen LogP contribution in [0.1, 0.15) is 34.1 Å². The van der Waals surface area contributed by atoms with Crippen LogP contribution in [-0.2, 0) is 4.74 Å². The minimum atomic E-state index is 0.364. The van der Waals surface area contributed by atoms with Gasteiger partial charge in [-0.25, -0.2) is 0 Å². The number of nitrogens with one attached hydrogen (secondary N) is 1. The summed E-state index contributed by atoms with van der Waals surface area (Å²) >= 11 is 0. The lowest BCUT2D eigenvalue weighted by atomic mass is 10.0. The highest BCUT2D eigenvalue weighted by Crippen LogP contribution is 2.17. The minimum absolute atomic E-state index is 0.364. The number of rotatable bonds is 3. The molecule has 0 aromatic heterocycles. The zero-order valence-corrected chi connectivity index (χ0v) is 8.63. The van der Waals surface area contributed by atoms with E-state index in [0.29, 0.717) is 18.2 Å². The molecule has 0 saturated carbocycles. The van der Waals surface area contributed by atoms with Crippen molar-refractivity contribution in [1.29, 1.82) is 0 Å². The third kappa shape index (κ3) is 2.76. The average Bonchev–Trinajstić information content (AvgIpc) is 2.34. The summed E-state index contributed by atoms with van der Waals surface area (Å²) in [6.07, 6.45) is 1.98. The number of hydrogen-bond donors (Lipinski definition) is 1. The Morgan fingerprint density at radius 2 is 1.92 bits per heavy atom. The second-order valence-corrected chi connectivity index (χ2v) is 4.30. The molecule has 1 rings (SSSR count). The van der Waals surface area contributed by atoms with Crippen molar-refractivity contribution in [3.63, 3.8) is 0 Å². The lowest BCUT2D eigenvalue weighted by Crippen LogP contribution is -2.26. The van der Waals surface area contributed by atoms with E-state index in [9.17, 15) is 0 Å². The van der Waals surface area contributed by atoms with Crippen LogP contribution in [0.4, 0.5) is 0 Å². The summed E-state index contributed by atoms with van der Waals surface area (Å²) in [5.74, 6) is 0.728. The molecule has 0 amide bonds. The fourth-order valence-electron chi connectivity index (χ4n) is 1.73. The van der Waals surface area contributed by atoms with E-state index in [1.54, 1.807) is 0 Å². The van der Waals surface area contributed by atoms with Crippen molar-refractivity contribution >= 4 is 0 Å². The Balaban J connectivity index is 2.26. The van der Waals surface area contributed by atoms with Crippen molar-refractivity contribution in [2.24, 2.45) is 5.92 Å². The Labute approximate surface area is 75.7 Å². The molecule has 1 N–H and O–H groups in total. The molecule has 1 saturated heterocycles. The van der Waals surface area contributed by atoms with E-state index >= 15 is 0 Å². The van der Waals surface area contributed by atoms with Crippen molar-refractivity contribution in [3.05, 3.63) is 0 Å². The van der Waals surface area contributed by atoms with Gasteiger partial charge < -0.3 is 10.1 Å². The van der Waals surface area contributed by atoms with Crippen molar-refractivity contribution in [1.82, 2.24) is 5.32 Å². The van der Waals surface area contributed by atoms with Gasteiger partial charge in [-0.05, 0) is 26.2 Å². The standard InChI is InChI=1S/C10H21NO/c1-7(2)10-5-9(6-11-10)12-8(3)4/h7-11H,5-6H2,1-4H3/t9-,10+/m1/s1. The highest BCUT2D eigenvalue weighted by atomic mass is 16.5. The molecule has 0 spiro atoms. The first-order chi connectivity index (χ1) is 5.59. The van der Waals surface area contributed by atoms with Crippen LogP contribution in [0, 0.1) is 5.92 Å². The Morgan fingerprint density at radius 3 is 2.33 bits per heavy atom. The smallest absolute Gasteiger partial charge is 0.0717 e. The molecule has 1 fully saturated rings. The van der Waals surface area contributed by atoms with Crippen LogP contribution in [0.25, 0.3) is 0 Å². The molecule has 0 aliphatic carbocycles. The summed E-state index contributed by atoms with van der Waals surface area (Å²) in [5.41, 5.74) is 0. The summed E-state index contributed by atoms with van der Waals surface area (Å²) in [4.78, 5) is 0. The lowest BCUT2D eigenvalue weighted by Gasteiger charge is -2.16. The van der Waals surface area contributed by atoms with Gasteiger partial charge in [-0.3, -0.25) is 0 Å². The van der Waals surface area contributed by atoms with Crippen LogP contribution >= 0.6 is 0 Å². The molecule has 0 unspecified atom stereocenters. The zero-order valence-electron chi connectivity index (χ0n) is 8.63. The SMILES string of the molecule is CC(C)O[C@H]1CN[C@H](C(C)C)C1. The van der Waals surface area contributed by atoms with E-state index in [1.807, 2.05) is 0 Å². The average molecular weight is 171 g/mol. The van der Waals surface area contributed by atoms with Crippen molar-refractivity contribution in [2.45, 2.75) is 52.4 Å². The molecule has 1 aliphatic rings. The maximum Gasteiger partial charge on any atom is 0.0717 e. The van der Waals surface area contributed by atoms with Gasteiger partial charge in [0.1, 0.15) is 0 Å². The van der Waals surface area contributed by atoms with Crippen molar-refractivity contribution in [2.75, 3.05) is 6.54 Å². The normalized spacial score (nSPS) is 30.5. The van der Waals surface area contributed by atoms with Gasteiger partial charge in [0.15, 0.2) is 0 Å². The fourth-order valence-corrected chi connectivity index (χ4v) is 1.73.